The van der Waals surface area contributed by atoms with Crippen LogP contribution in [0, 0.1) is 5.82 Å². The number of hydrogen-bond donors (Lipinski definition) is 1. The number of anilines is 3. The Bertz CT molecular complexity index is 1110. The fraction of sp³-hybridized carbons (Fsp3) is 0.0909. The standard InChI is InChI=1S/C22H18FN3O2S/c1-25(2)16-10-8-15(9-11-16)24-20-19(18-7-4-12-29-18)21(27)26(22(20)28)17-6-3-5-14(23)13-17/h3-13,24H,1-2H3. The molecule has 0 radical (unpaired) electrons. The molecule has 1 aliphatic rings. The monoisotopic (exact) mass is 407 g/mol. The maximum Gasteiger partial charge on any atom is 0.282 e. The molecule has 146 valence electrons. The van der Waals surface area contributed by atoms with Crippen molar-refractivity contribution in [1.82, 2.24) is 0 Å². The van der Waals surface area contributed by atoms with Gasteiger partial charge < -0.3 is 10.2 Å². The van der Waals surface area contributed by atoms with Gasteiger partial charge in [0, 0.05) is 30.3 Å². The molecular weight excluding hydrogens is 389 g/mol. The van der Waals surface area contributed by atoms with Crippen molar-refractivity contribution in [2.75, 3.05) is 29.2 Å². The SMILES string of the molecule is CN(C)c1ccc(NC2=C(c3cccs3)C(=O)N(c3cccc(F)c3)C2=O)cc1. The second kappa shape index (κ2) is 7.52. The van der Waals surface area contributed by atoms with E-state index in [1.165, 1.54) is 29.5 Å². The molecule has 2 heterocycles. The highest BCUT2D eigenvalue weighted by atomic mass is 32.1. The molecule has 1 aliphatic heterocycles. The zero-order valence-corrected chi connectivity index (χ0v) is 16.7. The largest absolute Gasteiger partial charge is 0.378 e. The van der Waals surface area contributed by atoms with Gasteiger partial charge in [0.25, 0.3) is 11.8 Å². The van der Waals surface area contributed by atoms with Gasteiger partial charge in [-0.2, -0.15) is 0 Å². The lowest BCUT2D eigenvalue weighted by atomic mass is 10.1. The second-order valence-corrected chi connectivity index (χ2v) is 7.67. The third-order valence-electron chi connectivity index (χ3n) is 4.57. The molecule has 0 bridgehead atoms. The first-order valence-electron chi connectivity index (χ1n) is 8.92. The Morgan fingerprint density at radius 3 is 2.34 bits per heavy atom. The van der Waals surface area contributed by atoms with Crippen LogP contribution in [0.25, 0.3) is 5.57 Å². The van der Waals surface area contributed by atoms with Crippen molar-refractivity contribution in [2.45, 2.75) is 0 Å². The van der Waals surface area contributed by atoms with E-state index in [1.807, 2.05) is 54.7 Å². The van der Waals surface area contributed by atoms with Crippen LogP contribution >= 0.6 is 11.3 Å². The first kappa shape index (κ1) is 18.9. The molecule has 0 unspecified atom stereocenters. The van der Waals surface area contributed by atoms with Gasteiger partial charge in [0.15, 0.2) is 0 Å². The number of thiophene rings is 1. The molecule has 1 N–H and O–H groups in total. The van der Waals surface area contributed by atoms with E-state index in [2.05, 4.69) is 5.32 Å². The third kappa shape index (κ3) is 3.52. The van der Waals surface area contributed by atoms with Crippen LogP contribution in [0.3, 0.4) is 0 Å². The van der Waals surface area contributed by atoms with Gasteiger partial charge >= 0.3 is 0 Å². The van der Waals surface area contributed by atoms with E-state index in [1.54, 1.807) is 12.1 Å². The topological polar surface area (TPSA) is 52.7 Å². The summed E-state index contributed by atoms with van der Waals surface area (Å²) >= 11 is 1.37. The molecule has 29 heavy (non-hydrogen) atoms. The number of nitrogens with zero attached hydrogens (tertiary/aromatic N) is 2. The molecule has 3 aromatic rings. The molecule has 7 heteroatoms. The molecule has 0 spiro atoms. The second-order valence-electron chi connectivity index (χ2n) is 6.72. The molecule has 2 aromatic carbocycles. The lowest BCUT2D eigenvalue weighted by Gasteiger charge is -2.16. The third-order valence-corrected chi connectivity index (χ3v) is 5.46. The van der Waals surface area contributed by atoms with Gasteiger partial charge in [-0.1, -0.05) is 12.1 Å². The first-order valence-corrected chi connectivity index (χ1v) is 9.80. The number of halogens is 1. The summed E-state index contributed by atoms with van der Waals surface area (Å²) in [6.07, 6.45) is 0. The van der Waals surface area contributed by atoms with Crippen LogP contribution < -0.4 is 15.1 Å². The molecule has 0 aliphatic carbocycles. The molecule has 0 atom stereocenters. The quantitative estimate of drug-likeness (QED) is 0.639. The summed E-state index contributed by atoms with van der Waals surface area (Å²) in [5.74, 6) is -1.50. The highest BCUT2D eigenvalue weighted by molar-refractivity contribution is 7.11. The van der Waals surface area contributed by atoms with Gasteiger partial charge in [-0.25, -0.2) is 9.29 Å². The van der Waals surface area contributed by atoms with Crippen LogP contribution in [0.5, 0.6) is 0 Å². The van der Waals surface area contributed by atoms with E-state index in [0.29, 0.717) is 10.6 Å². The van der Waals surface area contributed by atoms with Crippen LogP contribution in [0.15, 0.2) is 71.7 Å². The van der Waals surface area contributed by atoms with Crippen LogP contribution in [0.1, 0.15) is 4.88 Å². The van der Waals surface area contributed by atoms with Gasteiger partial charge in [-0.3, -0.25) is 9.59 Å². The Morgan fingerprint density at radius 2 is 1.72 bits per heavy atom. The molecule has 1 aromatic heterocycles. The van der Waals surface area contributed by atoms with Gasteiger partial charge in [-0.05, 0) is 53.9 Å². The smallest absolute Gasteiger partial charge is 0.282 e. The van der Waals surface area contributed by atoms with E-state index >= 15 is 0 Å². The van der Waals surface area contributed by atoms with Gasteiger partial charge in [0.1, 0.15) is 11.5 Å². The van der Waals surface area contributed by atoms with Gasteiger partial charge in [0.05, 0.1) is 11.3 Å². The van der Waals surface area contributed by atoms with Crippen molar-refractivity contribution in [3.05, 3.63) is 82.4 Å². The van der Waals surface area contributed by atoms with E-state index < -0.39 is 17.6 Å². The highest BCUT2D eigenvalue weighted by Gasteiger charge is 2.40. The minimum Gasteiger partial charge on any atom is -0.378 e. The number of carbonyl (C=O) groups is 2. The van der Waals surface area contributed by atoms with Crippen molar-refractivity contribution in [3.8, 4) is 0 Å². The number of nitrogens with one attached hydrogen (secondary N) is 1. The maximum atomic E-state index is 13.7. The van der Waals surface area contributed by atoms with Crippen LogP contribution in [-0.2, 0) is 9.59 Å². The molecular formula is C22H18FN3O2S. The molecule has 0 fully saturated rings. The average Bonchev–Trinajstić information content (AvgIpc) is 3.29. The number of carbonyl (C=O) groups excluding carboxylic acids is 2. The maximum absolute atomic E-state index is 13.7. The lowest BCUT2D eigenvalue weighted by Crippen LogP contribution is -2.32. The number of imide groups is 1. The molecule has 5 nitrogen and oxygen atoms in total. The Balaban J connectivity index is 1.75. The fourth-order valence-corrected chi connectivity index (χ4v) is 3.90. The summed E-state index contributed by atoms with van der Waals surface area (Å²) in [6.45, 7) is 0. The van der Waals surface area contributed by atoms with Crippen molar-refractivity contribution >= 4 is 45.8 Å². The summed E-state index contributed by atoms with van der Waals surface area (Å²) in [5, 5.41) is 4.94. The fourth-order valence-electron chi connectivity index (χ4n) is 3.13. The van der Waals surface area contributed by atoms with E-state index in [-0.39, 0.29) is 17.0 Å². The van der Waals surface area contributed by atoms with Crippen LogP contribution in [0.4, 0.5) is 21.5 Å². The summed E-state index contributed by atoms with van der Waals surface area (Å²) in [4.78, 5) is 30.0. The van der Waals surface area contributed by atoms with Crippen LogP contribution in [0.2, 0.25) is 0 Å². The Morgan fingerprint density at radius 1 is 0.966 bits per heavy atom. The number of rotatable bonds is 5. The van der Waals surface area contributed by atoms with E-state index in [4.69, 9.17) is 0 Å². The number of benzene rings is 2. The Labute approximate surface area is 171 Å². The first-order chi connectivity index (χ1) is 14.0. The Kier molecular flexibility index (Phi) is 4.90. The molecule has 4 rings (SSSR count). The zero-order chi connectivity index (χ0) is 20.5. The molecule has 2 amide bonds. The van der Waals surface area contributed by atoms with E-state index in [9.17, 15) is 14.0 Å². The predicted molar refractivity (Wildman–Crippen MR) is 115 cm³/mol. The predicted octanol–water partition coefficient (Wildman–Crippen LogP) is 4.35. The summed E-state index contributed by atoms with van der Waals surface area (Å²) in [7, 11) is 3.88. The summed E-state index contributed by atoms with van der Waals surface area (Å²) in [5.41, 5.74) is 2.36. The van der Waals surface area contributed by atoms with Gasteiger partial charge in [0.2, 0.25) is 0 Å². The summed E-state index contributed by atoms with van der Waals surface area (Å²) in [6, 6.07) is 16.6. The average molecular weight is 407 g/mol. The van der Waals surface area contributed by atoms with Gasteiger partial charge in [-0.15, -0.1) is 11.3 Å². The van der Waals surface area contributed by atoms with Crippen molar-refractivity contribution in [1.29, 1.82) is 0 Å². The van der Waals surface area contributed by atoms with Crippen molar-refractivity contribution in [2.24, 2.45) is 0 Å². The minimum absolute atomic E-state index is 0.180. The zero-order valence-electron chi connectivity index (χ0n) is 15.8. The number of hydrogen-bond acceptors (Lipinski definition) is 5. The summed E-state index contributed by atoms with van der Waals surface area (Å²) < 4.78 is 13.7. The normalized spacial score (nSPS) is 14.0. The highest BCUT2D eigenvalue weighted by Crippen LogP contribution is 2.35. The number of amides is 2. The van der Waals surface area contributed by atoms with Crippen molar-refractivity contribution < 1.29 is 14.0 Å². The molecule has 0 saturated heterocycles. The lowest BCUT2D eigenvalue weighted by molar-refractivity contribution is -0.120. The van der Waals surface area contributed by atoms with Crippen molar-refractivity contribution in [3.63, 3.8) is 0 Å². The minimum atomic E-state index is -0.513. The van der Waals surface area contributed by atoms with E-state index in [0.717, 1.165) is 10.6 Å². The Hall–Kier alpha value is -3.45. The molecule has 0 saturated carbocycles. The van der Waals surface area contributed by atoms with Crippen LogP contribution in [-0.4, -0.2) is 25.9 Å².